The zero-order valence-corrected chi connectivity index (χ0v) is 14.8. The maximum absolute atomic E-state index is 13.1. The van der Waals surface area contributed by atoms with Crippen molar-refractivity contribution in [2.24, 2.45) is 0 Å². The molecule has 1 aromatic heterocycles. The smallest absolute Gasteiger partial charge is 0.159 e. The fraction of sp³-hybridized carbons (Fsp3) is 0.182. The number of aromatic hydroxyl groups is 1. The van der Waals surface area contributed by atoms with Crippen molar-refractivity contribution < 1.29 is 9.50 Å². The summed E-state index contributed by atoms with van der Waals surface area (Å²) in [6.45, 7) is 2.33. The molecule has 0 atom stereocenters. The predicted octanol–water partition coefficient (Wildman–Crippen LogP) is 4.28. The van der Waals surface area contributed by atoms with Gasteiger partial charge in [-0.25, -0.2) is 14.4 Å². The van der Waals surface area contributed by atoms with Gasteiger partial charge in [0, 0.05) is 43.2 Å². The molecule has 136 valence electrons. The van der Waals surface area contributed by atoms with Crippen molar-refractivity contribution in [1.29, 1.82) is 0 Å². The molecule has 0 saturated carbocycles. The van der Waals surface area contributed by atoms with Crippen LogP contribution in [0, 0.1) is 5.82 Å². The van der Waals surface area contributed by atoms with E-state index >= 15 is 0 Å². The van der Waals surface area contributed by atoms with Crippen LogP contribution in [0.1, 0.15) is 17.5 Å². The Balaban J connectivity index is 1.48. The van der Waals surface area contributed by atoms with Crippen molar-refractivity contribution in [2.75, 3.05) is 13.1 Å². The Bertz CT molecular complexity index is 955. The molecule has 2 heterocycles. The zero-order chi connectivity index (χ0) is 18.6. The molecular formula is C22H20FN3O. The van der Waals surface area contributed by atoms with E-state index in [1.54, 1.807) is 24.5 Å². The van der Waals surface area contributed by atoms with E-state index < -0.39 is 0 Å². The molecule has 0 amide bonds. The van der Waals surface area contributed by atoms with Gasteiger partial charge in [-0.15, -0.1) is 0 Å². The van der Waals surface area contributed by atoms with Crippen molar-refractivity contribution >= 4 is 5.57 Å². The molecule has 0 bridgehead atoms. The minimum Gasteiger partial charge on any atom is -0.508 e. The molecule has 3 aromatic rings. The van der Waals surface area contributed by atoms with Crippen LogP contribution in [0.5, 0.6) is 5.75 Å². The number of aromatic nitrogens is 2. The fourth-order valence-electron chi connectivity index (χ4n) is 3.32. The molecule has 0 spiro atoms. The van der Waals surface area contributed by atoms with Gasteiger partial charge in [0.25, 0.3) is 0 Å². The number of phenols is 1. The van der Waals surface area contributed by atoms with Crippen LogP contribution in [0.15, 0.2) is 67.0 Å². The molecule has 1 aliphatic rings. The molecule has 4 nitrogen and oxygen atoms in total. The summed E-state index contributed by atoms with van der Waals surface area (Å²) in [6.07, 6.45) is 6.49. The van der Waals surface area contributed by atoms with Crippen LogP contribution in [0.25, 0.3) is 17.0 Å². The lowest BCUT2D eigenvalue weighted by Crippen LogP contribution is -2.28. The Morgan fingerprint density at radius 2 is 1.74 bits per heavy atom. The Hall–Kier alpha value is -3.05. The third-order valence-corrected chi connectivity index (χ3v) is 4.81. The molecular weight excluding hydrogens is 341 g/mol. The summed E-state index contributed by atoms with van der Waals surface area (Å²) in [5.74, 6) is 0.716. The first kappa shape index (κ1) is 17.4. The van der Waals surface area contributed by atoms with E-state index in [0.29, 0.717) is 12.4 Å². The lowest BCUT2D eigenvalue weighted by Gasteiger charge is -2.27. The van der Waals surface area contributed by atoms with Gasteiger partial charge in [-0.3, -0.25) is 4.90 Å². The summed E-state index contributed by atoms with van der Waals surface area (Å²) >= 11 is 0. The highest BCUT2D eigenvalue weighted by Crippen LogP contribution is 2.27. The maximum Gasteiger partial charge on any atom is 0.159 e. The van der Waals surface area contributed by atoms with Gasteiger partial charge in [0.1, 0.15) is 11.6 Å². The Morgan fingerprint density at radius 1 is 1.00 bits per heavy atom. The van der Waals surface area contributed by atoms with Crippen molar-refractivity contribution in [3.05, 3.63) is 83.9 Å². The van der Waals surface area contributed by atoms with E-state index in [4.69, 9.17) is 0 Å². The fourth-order valence-corrected chi connectivity index (χ4v) is 3.32. The Morgan fingerprint density at radius 3 is 2.44 bits per heavy atom. The molecule has 0 fully saturated rings. The highest BCUT2D eigenvalue weighted by molar-refractivity contribution is 5.66. The molecule has 0 saturated heterocycles. The van der Waals surface area contributed by atoms with Gasteiger partial charge in [-0.2, -0.15) is 0 Å². The van der Waals surface area contributed by atoms with Gasteiger partial charge in [-0.1, -0.05) is 18.2 Å². The summed E-state index contributed by atoms with van der Waals surface area (Å²) < 4.78 is 13.1. The molecule has 2 aromatic carbocycles. The first-order valence-corrected chi connectivity index (χ1v) is 8.95. The number of rotatable bonds is 4. The monoisotopic (exact) mass is 361 g/mol. The van der Waals surface area contributed by atoms with Crippen LogP contribution in [0.3, 0.4) is 0 Å². The van der Waals surface area contributed by atoms with Gasteiger partial charge in [0.15, 0.2) is 5.82 Å². The van der Waals surface area contributed by atoms with Crippen LogP contribution in [-0.4, -0.2) is 33.1 Å². The van der Waals surface area contributed by atoms with E-state index in [0.717, 1.165) is 36.2 Å². The van der Waals surface area contributed by atoms with E-state index in [2.05, 4.69) is 20.9 Å². The van der Waals surface area contributed by atoms with Crippen LogP contribution in [0.4, 0.5) is 4.39 Å². The van der Waals surface area contributed by atoms with Gasteiger partial charge in [0.05, 0.1) is 0 Å². The molecule has 0 aliphatic carbocycles. The Kier molecular flexibility index (Phi) is 4.94. The van der Waals surface area contributed by atoms with Crippen molar-refractivity contribution in [3.63, 3.8) is 0 Å². The number of hydrogen-bond donors (Lipinski definition) is 1. The molecule has 0 unspecified atom stereocenters. The second-order valence-electron chi connectivity index (χ2n) is 6.64. The lowest BCUT2D eigenvalue weighted by atomic mass is 9.99. The molecule has 1 N–H and O–H groups in total. The number of nitrogens with zero attached hydrogens (tertiary/aromatic N) is 3. The number of halogens is 1. The van der Waals surface area contributed by atoms with E-state index in [1.807, 2.05) is 24.3 Å². The van der Waals surface area contributed by atoms with Crippen molar-refractivity contribution in [3.8, 4) is 17.1 Å². The average Bonchev–Trinajstić information content (AvgIpc) is 2.71. The van der Waals surface area contributed by atoms with E-state index in [9.17, 15) is 9.50 Å². The summed E-state index contributed by atoms with van der Waals surface area (Å²) in [6, 6.07) is 13.9. The highest BCUT2D eigenvalue weighted by atomic mass is 19.1. The first-order chi connectivity index (χ1) is 13.2. The van der Waals surface area contributed by atoms with Gasteiger partial charge < -0.3 is 5.11 Å². The van der Waals surface area contributed by atoms with Crippen LogP contribution >= 0.6 is 0 Å². The predicted molar refractivity (Wildman–Crippen MR) is 103 cm³/mol. The summed E-state index contributed by atoms with van der Waals surface area (Å²) in [4.78, 5) is 10.8. The van der Waals surface area contributed by atoms with E-state index in [-0.39, 0.29) is 11.6 Å². The number of benzene rings is 2. The second-order valence-corrected chi connectivity index (χ2v) is 6.64. The standard InChI is InChI=1S/C22H20FN3O/c23-20-5-2-16(3-6-20)17-8-12-26(13-9-17)15-19-14-18(4-7-21(19)27)22-24-10-1-11-25-22/h1-8,10-11,14,27H,9,12-13,15H2. The van der Waals surface area contributed by atoms with Crippen LogP contribution in [-0.2, 0) is 6.54 Å². The van der Waals surface area contributed by atoms with Crippen molar-refractivity contribution in [2.45, 2.75) is 13.0 Å². The minimum absolute atomic E-state index is 0.213. The topological polar surface area (TPSA) is 49.3 Å². The molecule has 0 radical (unpaired) electrons. The summed E-state index contributed by atoms with van der Waals surface area (Å²) in [5.41, 5.74) is 4.06. The second kappa shape index (κ2) is 7.68. The molecule has 1 aliphatic heterocycles. The normalized spacial score (nSPS) is 14.8. The Labute approximate surface area is 157 Å². The summed E-state index contributed by atoms with van der Waals surface area (Å²) in [7, 11) is 0. The third-order valence-electron chi connectivity index (χ3n) is 4.81. The maximum atomic E-state index is 13.1. The average molecular weight is 361 g/mol. The zero-order valence-electron chi connectivity index (χ0n) is 14.8. The third kappa shape index (κ3) is 4.04. The highest BCUT2D eigenvalue weighted by Gasteiger charge is 2.15. The molecule has 5 heteroatoms. The number of phenolic OH excluding ortho intramolecular Hbond substituents is 1. The minimum atomic E-state index is -0.213. The molecule has 4 rings (SSSR count). The van der Waals surface area contributed by atoms with Gasteiger partial charge in [-0.05, 0) is 54.0 Å². The van der Waals surface area contributed by atoms with E-state index in [1.165, 1.54) is 17.7 Å². The quantitative estimate of drug-likeness (QED) is 0.754. The first-order valence-electron chi connectivity index (χ1n) is 8.95. The summed E-state index contributed by atoms with van der Waals surface area (Å²) in [5, 5.41) is 10.3. The van der Waals surface area contributed by atoms with Crippen molar-refractivity contribution in [1.82, 2.24) is 14.9 Å². The largest absolute Gasteiger partial charge is 0.508 e. The van der Waals surface area contributed by atoms with Gasteiger partial charge in [0.2, 0.25) is 0 Å². The van der Waals surface area contributed by atoms with Crippen LogP contribution < -0.4 is 0 Å². The SMILES string of the molecule is Oc1ccc(-c2ncccn2)cc1CN1CC=C(c2ccc(F)cc2)CC1. The number of hydrogen-bond acceptors (Lipinski definition) is 4. The van der Waals surface area contributed by atoms with Gasteiger partial charge >= 0.3 is 0 Å². The van der Waals surface area contributed by atoms with Crippen LogP contribution in [0.2, 0.25) is 0 Å². The lowest BCUT2D eigenvalue weighted by molar-refractivity contribution is 0.289. The molecule has 27 heavy (non-hydrogen) atoms.